The minimum Gasteiger partial charge on any atom is -0.494 e. The molecule has 4 aromatic rings. The van der Waals surface area contributed by atoms with E-state index in [1.54, 1.807) is 36.5 Å². The summed E-state index contributed by atoms with van der Waals surface area (Å²) in [5.41, 5.74) is 1.21. The van der Waals surface area contributed by atoms with Gasteiger partial charge in [-0.1, -0.05) is 18.5 Å². The average Bonchev–Trinajstić information content (AvgIpc) is 3.51. The van der Waals surface area contributed by atoms with Crippen LogP contribution in [0.25, 0.3) is 16.6 Å². The van der Waals surface area contributed by atoms with Gasteiger partial charge in [0.05, 0.1) is 45.1 Å². The summed E-state index contributed by atoms with van der Waals surface area (Å²) >= 11 is 5.91. The van der Waals surface area contributed by atoms with Gasteiger partial charge in [0, 0.05) is 30.3 Å². The van der Waals surface area contributed by atoms with Gasteiger partial charge in [-0.25, -0.2) is 4.98 Å². The molecule has 1 aromatic carbocycles. The lowest BCUT2D eigenvalue weighted by atomic mass is 9.76. The summed E-state index contributed by atoms with van der Waals surface area (Å²) in [6.07, 6.45) is 5.68. The van der Waals surface area contributed by atoms with Crippen molar-refractivity contribution in [1.82, 2.24) is 14.5 Å². The fourth-order valence-electron chi connectivity index (χ4n) is 5.81. The molecule has 2 bridgehead atoms. The van der Waals surface area contributed by atoms with E-state index in [1.165, 1.54) is 10.8 Å². The Labute approximate surface area is 212 Å². The zero-order chi connectivity index (χ0) is 25.1. The first-order valence-corrected chi connectivity index (χ1v) is 12.2. The van der Waals surface area contributed by atoms with Gasteiger partial charge >= 0.3 is 0 Å². The summed E-state index contributed by atoms with van der Waals surface area (Å²) in [5.74, 6) is 0.327. The minimum absolute atomic E-state index is 0.0546. The number of ether oxygens (including phenoxy) is 2. The van der Waals surface area contributed by atoms with Crippen molar-refractivity contribution >= 4 is 22.5 Å². The molecular formula is C27H23ClN4O4. The van der Waals surface area contributed by atoms with Crippen molar-refractivity contribution in [2.75, 3.05) is 6.61 Å². The fraction of sp³-hybridized carbons (Fsp3) is 0.296. The number of halogens is 1. The van der Waals surface area contributed by atoms with Gasteiger partial charge in [-0.05, 0) is 49.6 Å². The first-order valence-electron chi connectivity index (χ1n) is 11.8. The van der Waals surface area contributed by atoms with Crippen LogP contribution in [0.5, 0.6) is 17.6 Å². The smallest absolute Gasteiger partial charge is 0.213 e. The third-order valence-corrected chi connectivity index (χ3v) is 7.71. The van der Waals surface area contributed by atoms with E-state index in [-0.39, 0.29) is 11.8 Å². The highest BCUT2D eigenvalue weighted by atomic mass is 35.5. The second-order valence-electron chi connectivity index (χ2n) is 9.23. The van der Waals surface area contributed by atoms with E-state index >= 15 is 0 Å². The standard InChI is InChI=1S/C27H23ClN4O4/c1-2-26-9-10-27(36-26,11-13-35-20-8-6-17(28)15-31-20)22-21(26)24(33)32(25(22)34)19-7-5-16(14-29)23-18(19)4-3-12-30-23/h3-8,12,15,33-34H,2,9-11,13H2,1H3/t26-,27-/m1/s1. The Hall–Kier alpha value is -3.80. The van der Waals surface area contributed by atoms with Crippen molar-refractivity contribution in [3.8, 4) is 29.4 Å². The number of nitriles is 1. The Bertz CT molecular complexity index is 1540. The molecule has 6 rings (SSSR count). The van der Waals surface area contributed by atoms with E-state index in [4.69, 9.17) is 21.1 Å². The molecule has 0 amide bonds. The number of rotatable bonds is 6. The number of pyridine rings is 2. The molecule has 1 fully saturated rings. The van der Waals surface area contributed by atoms with Crippen LogP contribution in [0.4, 0.5) is 0 Å². The highest BCUT2D eigenvalue weighted by Crippen LogP contribution is 2.66. The second kappa shape index (κ2) is 8.12. The van der Waals surface area contributed by atoms with Gasteiger partial charge in [0.1, 0.15) is 11.7 Å². The topological polar surface area (TPSA) is 113 Å². The SMILES string of the molecule is CC[C@]12CC[C@](CCOc3ccc(Cl)cn3)(O1)c1c2c(O)n(-c2ccc(C#N)c3ncccc23)c1O. The first kappa shape index (κ1) is 22.7. The molecule has 1 saturated heterocycles. The maximum atomic E-state index is 11.6. The van der Waals surface area contributed by atoms with Crippen molar-refractivity contribution in [3.05, 3.63) is 70.5 Å². The molecule has 0 spiro atoms. The molecule has 3 aromatic heterocycles. The number of aromatic nitrogens is 3. The van der Waals surface area contributed by atoms with Crippen LogP contribution in [0, 0.1) is 11.3 Å². The van der Waals surface area contributed by atoms with Crippen LogP contribution in [0.1, 0.15) is 49.3 Å². The van der Waals surface area contributed by atoms with Crippen LogP contribution in [0.3, 0.4) is 0 Å². The molecule has 2 N–H and O–H groups in total. The van der Waals surface area contributed by atoms with Gasteiger partial charge < -0.3 is 19.7 Å². The molecule has 8 nitrogen and oxygen atoms in total. The Balaban J connectivity index is 1.45. The molecule has 0 radical (unpaired) electrons. The molecule has 2 aliphatic rings. The Kier molecular flexibility index (Phi) is 5.11. The number of benzene rings is 1. The van der Waals surface area contributed by atoms with E-state index in [0.29, 0.717) is 70.1 Å². The van der Waals surface area contributed by atoms with Crippen molar-refractivity contribution in [2.24, 2.45) is 0 Å². The van der Waals surface area contributed by atoms with Crippen LogP contribution in [0.2, 0.25) is 5.02 Å². The zero-order valence-electron chi connectivity index (χ0n) is 19.5. The van der Waals surface area contributed by atoms with Crippen molar-refractivity contribution < 1.29 is 19.7 Å². The maximum absolute atomic E-state index is 11.6. The predicted molar refractivity (Wildman–Crippen MR) is 132 cm³/mol. The van der Waals surface area contributed by atoms with Gasteiger partial charge in [-0.2, -0.15) is 5.26 Å². The summed E-state index contributed by atoms with van der Waals surface area (Å²) in [6, 6.07) is 12.5. The van der Waals surface area contributed by atoms with Crippen molar-refractivity contribution in [1.29, 1.82) is 5.26 Å². The van der Waals surface area contributed by atoms with Crippen LogP contribution >= 0.6 is 11.6 Å². The van der Waals surface area contributed by atoms with E-state index in [2.05, 4.69) is 16.0 Å². The normalized spacial score (nSPS) is 22.0. The molecule has 0 saturated carbocycles. The lowest BCUT2D eigenvalue weighted by Gasteiger charge is -2.26. The third kappa shape index (κ3) is 3.10. The van der Waals surface area contributed by atoms with E-state index in [1.807, 2.05) is 13.0 Å². The van der Waals surface area contributed by atoms with Crippen LogP contribution in [-0.2, 0) is 15.9 Å². The second-order valence-corrected chi connectivity index (χ2v) is 9.67. The highest BCUT2D eigenvalue weighted by molar-refractivity contribution is 6.30. The van der Waals surface area contributed by atoms with E-state index < -0.39 is 11.2 Å². The molecule has 2 atom stereocenters. The summed E-state index contributed by atoms with van der Waals surface area (Å²) in [6.45, 7) is 2.33. The molecule has 36 heavy (non-hydrogen) atoms. The minimum atomic E-state index is -0.800. The molecule has 2 aliphatic heterocycles. The monoisotopic (exact) mass is 502 g/mol. The van der Waals surface area contributed by atoms with Crippen LogP contribution in [0.15, 0.2) is 48.8 Å². The quantitative estimate of drug-likeness (QED) is 0.360. The first-order chi connectivity index (χ1) is 17.4. The molecule has 0 aliphatic carbocycles. The highest BCUT2D eigenvalue weighted by Gasteiger charge is 2.62. The Morgan fingerprint density at radius 1 is 1.11 bits per heavy atom. The van der Waals surface area contributed by atoms with Crippen molar-refractivity contribution in [2.45, 2.75) is 43.8 Å². The van der Waals surface area contributed by atoms with Gasteiger partial charge in [0.15, 0.2) is 0 Å². The number of aromatic hydroxyl groups is 2. The summed E-state index contributed by atoms with van der Waals surface area (Å²) in [5, 5.41) is 33.8. The predicted octanol–water partition coefficient (Wildman–Crippen LogP) is 5.45. The van der Waals surface area contributed by atoms with Gasteiger partial charge in [0.25, 0.3) is 0 Å². The average molecular weight is 503 g/mol. The summed E-state index contributed by atoms with van der Waals surface area (Å²) in [7, 11) is 0. The van der Waals surface area contributed by atoms with E-state index in [0.717, 1.165) is 6.42 Å². The number of hydrogen-bond donors (Lipinski definition) is 2. The largest absolute Gasteiger partial charge is 0.494 e. The van der Waals surface area contributed by atoms with Crippen LogP contribution < -0.4 is 4.74 Å². The van der Waals surface area contributed by atoms with Gasteiger partial charge in [-0.15, -0.1) is 0 Å². The Morgan fingerprint density at radius 3 is 2.61 bits per heavy atom. The lowest BCUT2D eigenvalue weighted by Crippen LogP contribution is -2.26. The summed E-state index contributed by atoms with van der Waals surface area (Å²) in [4.78, 5) is 8.54. The van der Waals surface area contributed by atoms with Gasteiger partial charge in [0.2, 0.25) is 17.6 Å². The number of fused-ring (bicyclic) bond motifs is 6. The maximum Gasteiger partial charge on any atom is 0.213 e. The third-order valence-electron chi connectivity index (χ3n) is 7.49. The zero-order valence-corrected chi connectivity index (χ0v) is 20.3. The number of nitrogens with zero attached hydrogens (tertiary/aromatic N) is 4. The fourth-order valence-corrected chi connectivity index (χ4v) is 5.92. The van der Waals surface area contributed by atoms with E-state index in [9.17, 15) is 15.5 Å². The molecule has 0 unspecified atom stereocenters. The van der Waals surface area contributed by atoms with Crippen LogP contribution in [-0.4, -0.2) is 31.4 Å². The Morgan fingerprint density at radius 2 is 1.89 bits per heavy atom. The lowest BCUT2D eigenvalue weighted by molar-refractivity contribution is -0.0987. The van der Waals surface area contributed by atoms with Gasteiger partial charge in [-0.3, -0.25) is 9.55 Å². The molecule has 9 heteroatoms. The molecular weight excluding hydrogens is 480 g/mol. The molecule has 182 valence electrons. The number of hydrogen-bond acceptors (Lipinski definition) is 7. The molecule has 5 heterocycles. The van der Waals surface area contributed by atoms with Crippen molar-refractivity contribution in [3.63, 3.8) is 0 Å². The summed E-state index contributed by atoms with van der Waals surface area (Å²) < 4.78 is 13.9.